The van der Waals surface area contributed by atoms with Crippen LogP contribution in [0.4, 0.5) is 0 Å². The van der Waals surface area contributed by atoms with Crippen molar-refractivity contribution in [2.75, 3.05) is 0 Å². The van der Waals surface area contributed by atoms with Gasteiger partial charge in [-0.25, -0.2) is 0 Å². The Hall–Kier alpha value is -1.67. The summed E-state index contributed by atoms with van der Waals surface area (Å²) in [6, 6.07) is 12.5. The minimum Gasteiger partial charge on any atom is -0.328 e. The summed E-state index contributed by atoms with van der Waals surface area (Å²) >= 11 is 0. The summed E-state index contributed by atoms with van der Waals surface area (Å²) in [4.78, 5) is 4.19. The lowest BCUT2D eigenvalue weighted by Crippen LogP contribution is -2.18. The van der Waals surface area contributed by atoms with Crippen LogP contribution in [0.3, 0.4) is 0 Å². The average molecular weight is 212 g/mol. The molecule has 0 saturated heterocycles. The van der Waals surface area contributed by atoms with Crippen molar-refractivity contribution < 1.29 is 0 Å². The van der Waals surface area contributed by atoms with Crippen LogP contribution in [0.5, 0.6) is 0 Å². The molecule has 2 N–H and O–H groups in total. The van der Waals surface area contributed by atoms with E-state index in [1.54, 1.807) is 0 Å². The van der Waals surface area contributed by atoms with E-state index in [1.165, 1.54) is 16.7 Å². The fraction of sp³-hybridized carbons (Fsp3) is 0.214. The summed E-state index contributed by atoms with van der Waals surface area (Å²) in [6.07, 6.45) is 4.62. The highest BCUT2D eigenvalue weighted by atomic mass is 14.6. The fourth-order valence-corrected chi connectivity index (χ4v) is 1.83. The van der Waals surface area contributed by atoms with Gasteiger partial charge in [0.2, 0.25) is 0 Å². The molecule has 16 heavy (non-hydrogen) atoms. The molecule has 1 aromatic carbocycles. The number of hydrogen-bond donors (Lipinski definition) is 1. The van der Waals surface area contributed by atoms with Gasteiger partial charge in [0.15, 0.2) is 0 Å². The first-order valence-corrected chi connectivity index (χ1v) is 5.51. The topological polar surface area (TPSA) is 38.9 Å². The van der Waals surface area contributed by atoms with Crippen molar-refractivity contribution in [2.45, 2.75) is 19.4 Å². The highest BCUT2D eigenvalue weighted by Crippen LogP contribution is 2.23. The number of aromatic nitrogens is 1. The maximum absolute atomic E-state index is 5.85. The fourth-order valence-electron chi connectivity index (χ4n) is 1.83. The molecule has 2 nitrogen and oxygen atoms in total. The Morgan fingerprint density at radius 2 is 1.94 bits per heavy atom. The van der Waals surface area contributed by atoms with E-state index in [4.69, 9.17) is 5.73 Å². The molecule has 1 heterocycles. The Balaban J connectivity index is 2.41. The molecule has 0 fully saturated rings. The van der Waals surface area contributed by atoms with Crippen LogP contribution in [0, 0.1) is 0 Å². The summed E-state index contributed by atoms with van der Waals surface area (Å²) in [6.45, 7) is 2.02. The Morgan fingerprint density at radius 3 is 2.62 bits per heavy atom. The van der Waals surface area contributed by atoms with Gasteiger partial charge in [-0.2, -0.15) is 0 Å². The molecular formula is C14H16N2. The third-order valence-electron chi connectivity index (χ3n) is 2.54. The van der Waals surface area contributed by atoms with Crippen LogP contribution in [0.25, 0.3) is 11.1 Å². The summed E-state index contributed by atoms with van der Waals surface area (Å²) in [5, 5.41) is 0. The van der Waals surface area contributed by atoms with Gasteiger partial charge in [-0.05, 0) is 30.5 Å². The lowest BCUT2D eigenvalue weighted by molar-refractivity contribution is 0.738. The average Bonchev–Trinajstić information content (AvgIpc) is 2.30. The summed E-state index contributed by atoms with van der Waals surface area (Å²) in [5.74, 6) is 0. The summed E-state index contributed by atoms with van der Waals surface area (Å²) < 4.78 is 0. The van der Waals surface area contributed by atoms with Crippen molar-refractivity contribution in [3.63, 3.8) is 0 Å². The van der Waals surface area contributed by atoms with Gasteiger partial charge in [0, 0.05) is 24.0 Å². The van der Waals surface area contributed by atoms with Crippen LogP contribution in [0.1, 0.15) is 12.5 Å². The molecule has 0 bridgehead atoms. The van der Waals surface area contributed by atoms with Gasteiger partial charge in [0.25, 0.3) is 0 Å². The second-order valence-electron chi connectivity index (χ2n) is 4.08. The first-order chi connectivity index (χ1) is 7.77. The zero-order chi connectivity index (χ0) is 11.4. The maximum Gasteiger partial charge on any atom is 0.0349 e. The molecule has 0 aliphatic rings. The number of nitrogens with two attached hydrogens (primary N) is 1. The van der Waals surface area contributed by atoms with Crippen LogP contribution in [0.2, 0.25) is 0 Å². The molecule has 1 atom stereocenters. The van der Waals surface area contributed by atoms with E-state index in [1.807, 2.05) is 43.6 Å². The van der Waals surface area contributed by atoms with E-state index in [0.29, 0.717) is 0 Å². The lowest BCUT2D eigenvalue weighted by atomic mass is 9.98. The van der Waals surface area contributed by atoms with E-state index in [0.717, 1.165) is 6.42 Å². The van der Waals surface area contributed by atoms with Crippen LogP contribution in [0.15, 0.2) is 48.8 Å². The van der Waals surface area contributed by atoms with Crippen molar-refractivity contribution >= 4 is 0 Å². The first kappa shape index (κ1) is 10.8. The minimum absolute atomic E-state index is 0.171. The quantitative estimate of drug-likeness (QED) is 0.849. The van der Waals surface area contributed by atoms with E-state index < -0.39 is 0 Å². The minimum atomic E-state index is 0.171. The van der Waals surface area contributed by atoms with Crippen molar-refractivity contribution in [1.29, 1.82) is 0 Å². The smallest absolute Gasteiger partial charge is 0.0349 e. The molecule has 0 saturated carbocycles. The first-order valence-electron chi connectivity index (χ1n) is 5.51. The van der Waals surface area contributed by atoms with Crippen molar-refractivity contribution in [2.24, 2.45) is 5.73 Å². The van der Waals surface area contributed by atoms with Crippen LogP contribution < -0.4 is 5.73 Å². The zero-order valence-electron chi connectivity index (χ0n) is 9.43. The van der Waals surface area contributed by atoms with Gasteiger partial charge in [-0.3, -0.25) is 4.98 Å². The molecule has 0 spiro atoms. The molecule has 0 radical (unpaired) electrons. The molecule has 1 unspecified atom stereocenters. The predicted molar refractivity (Wildman–Crippen MR) is 67.0 cm³/mol. The molecule has 2 rings (SSSR count). The number of rotatable bonds is 3. The normalized spacial score (nSPS) is 12.4. The number of nitrogens with zero attached hydrogens (tertiary/aromatic N) is 1. The molecule has 0 aliphatic heterocycles. The van der Waals surface area contributed by atoms with E-state index in [9.17, 15) is 0 Å². The summed E-state index contributed by atoms with van der Waals surface area (Å²) in [7, 11) is 0. The van der Waals surface area contributed by atoms with Gasteiger partial charge >= 0.3 is 0 Å². The standard InChI is InChI=1S/C14H16N2/c1-11(15)9-13-7-8-16-10-14(13)12-5-3-2-4-6-12/h2-8,10-11H,9,15H2,1H3. The monoisotopic (exact) mass is 212 g/mol. The number of benzene rings is 1. The van der Waals surface area contributed by atoms with E-state index >= 15 is 0 Å². The van der Waals surface area contributed by atoms with Gasteiger partial charge < -0.3 is 5.73 Å². The molecule has 2 aromatic rings. The lowest BCUT2D eigenvalue weighted by Gasteiger charge is -2.10. The van der Waals surface area contributed by atoms with Gasteiger partial charge in [0.1, 0.15) is 0 Å². The van der Waals surface area contributed by atoms with E-state index in [2.05, 4.69) is 17.1 Å². The van der Waals surface area contributed by atoms with Crippen molar-refractivity contribution in [3.05, 3.63) is 54.4 Å². The molecule has 82 valence electrons. The maximum atomic E-state index is 5.85. The Morgan fingerprint density at radius 1 is 1.19 bits per heavy atom. The van der Waals surface area contributed by atoms with Gasteiger partial charge in [-0.15, -0.1) is 0 Å². The highest BCUT2D eigenvalue weighted by Gasteiger charge is 2.06. The highest BCUT2D eigenvalue weighted by molar-refractivity contribution is 5.66. The Kier molecular flexibility index (Phi) is 3.32. The molecular weight excluding hydrogens is 196 g/mol. The van der Waals surface area contributed by atoms with Crippen LogP contribution in [-0.4, -0.2) is 11.0 Å². The molecule has 2 heteroatoms. The Bertz CT molecular complexity index is 449. The third-order valence-corrected chi connectivity index (χ3v) is 2.54. The molecule has 1 aromatic heterocycles. The summed E-state index contributed by atoms with van der Waals surface area (Å²) in [5.41, 5.74) is 9.49. The SMILES string of the molecule is CC(N)Cc1ccncc1-c1ccccc1. The van der Waals surface area contributed by atoms with Crippen LogP contribution >= 0.6 is 0 Å². The van der Waals surface area contributed by atoms with Crippen molar-refractivity contribution in [1.82, 2.24) is 4.98 Å². The predicted octanol–water partition coefficient (Wildman–Crippen LogP) is 2.64. The number of pyridine rings is 1. The van der Waals surface area contributed by atoms with Crippen LogP contribution in [-0.2, 0) is 6.42 Å². The molecule has 0 amide bonds. The van der Waals surface area contributed by atoms with Gasteiger partial charge in [-0.1, -0.05) is 30.3 Å². The molecule has 0 aliphatic carbocycles. The Labute approximate surface area is 96.1 Å². The largest absolute Gasteiger partial charge is 0.328 e. The second kappa shape index (κ2) is 4.90. The van der Waals surface area contributed by atoms with Crippen molar-refractivity contribution in [3.8, 4) is 11.1 Å². The third kappa shape index (κ3) is 2.47. The zero-order valence-corrected chi connectivity index (χ0v) is 9.43. The van der Waals surface area contributed by atoms with Gasteiger partial charge in [0.05, 0.1) is 0 Å². The second-order valence-corrected chi connectivity index (χ2v) is 4.08. The number of hydrogen-bond acceptors (Lipinski definition) is 2. The van der Waals surface area contributed by atoms with E-state index in [-0.39, 0.29) is 6.04 Å².